The van der Waals surface area contributed by atoms with E-state index in [0.29, 0.717) is 6.42 Å². The second kappa shape index (κ2) is 6.39. The third-order valence-electron chi connectivity index (χ3n) is 3.28. The van der Waals surface area contributed by atoms with Gasteiger partial charge in [0, 0.05) is 18.3 Å². The third kappa shape index (κ3) is 3.83. The van der Waals surface area contributed by atoms with Crippen molar-refractivity contribution in [1.82, 2.24) is 0 Å². The van der Waals surface area contributed by atoms with Crippen LogP contribution in [-0.2, 0) is 6.42 Å². The number of rotatable bonds is 5. The van der Waals surface area contributed by atoms with E-state index < -0.39 is 0 Å². The summed E-state index contributed by atoms with van der Waals surface area (Å²) >= 11 is 0. The van der Waals surface area contributed by atoms with E-state index in [4.69, 9.17) is 5.11 Å². The smallest absolute Gasteiger partial charge is 0.0485 e. The highest BCUT2D eigenvalue weighted by atomic mass is 16.2. The van der Waals surface area contributed by atoms with Gasteiger partial charge in [-0.1, -0.05) is 42.0 Å². The van der Waals surface area contributed by atoms with Crippen molar-refractivity contribution < 1.29 is 5.11 Å². The van der Waals surface area contributed by atoms with Crippen molar-refractivity contribution in [1.29, 1.82) is 0 Å². The molecular weight excluding hydrogens is 234 g/mol. The molecule has 0 spiro atoms. The van der Waals surface area contributed by atoms with Gasteiger partial charge in [-0.05, 0) is 43.5 Å². The van der Waals surface area contributed by atoms with E-state index in [1.54, 1.807) is 0 Å². The first kappa shape index (κ1) is 13.6. The lowest BCUT2D eigenvalue weighted by Gasteiger charge is -2.16. The van der Waals surface area contributed by atoms with Crippen LogP contribution in [0.5, 0.6) is 0 Å². The van der Waals surface area contributed by atoms with Gasteiger partial charge in [-0.3, -0.25) is 0 Å². The summed E-state index contributed by atoms with van der Waals surface area (Å²) < 4.78 is 0. The Bertz CT molecular complexity index is 519. The maximum Gasteiger partial charge on any atom is 0.0485 e. The molecule has 2 aromatic rings. The van der Waals surface area contributed by atoms with Crippen molar-refractivity contribution in [2.45, 2.75) is 26.3 Å². The van der Waals surface area contributed by atoms with Gasteiger partial charge in [0.2, 0.25) is 0 Å². The molecule has 0 heterocycles. The lowest BCUT2D eigenvalue weighted by atomic mass is 10.1. The molecule has 0 aliphatic carbocycles. The maximum absolute atomic E-state index is 8.89. The molecule has 19 heavy (non-hydrogen) atoms. The summed E-state index contributed by atoms with van der Waals surface area (Å²) in [5.74, 6) is 0. The molecule has 2 heteroatoms. The van der Waals surface area contributed by atoms with Gasteiger partial charge in [0.25, 0.3) is 0 Å². The molecular formula is C17H21NO. The van der Waals surface area contributed by atoms with Crippen molar-refractivity contribution >= 4 is 5.69 Å². The van der Waals surface area contributed by atoms with Gasteiger partial charge in [0.1, 0.15) is 0 Å². The molecule has 0 fully saturated rings. The average molecular weight is 255 g/mol. The van der Waals surface area contributed by atoms with Crippen molar-refractivity contribution in [3.8, 4) is 0 Å². The molecule has 100 valence electrons. The molecule has 0 saturated carbocycles. The van der Waals surface area contributed by atoms with Gasteiger partial charge >= 0.3 is 0 Å². The van der Waals surface area contributed by atoms with Crippen LogP contribution in [0, 0.1) is 6.92 Å². The first-order chi connectivity index (χ1) is 9.19. The number of nitrogens with one attached hydrogen (secondary N) is 1. The summed E-state index contributed by atoms with van der Waals surface area (Å²) in [4.78, 5) is 0. The van der Waals surface area contributed by atoms with Gasteiger partial charge in [-0.2, -0.15) is 0 Å². The summed E-state index contributed by atoms with van der Waals surface area (Å²) in [5, 5.41) is 12.4. The van der Waals surface area contributed by atoms with E-state index >= 15 is 0 Å². The van der Waals surface area contributed by atoms with Crippen LogP contribution in [0.3, 0.4) is 0 Å². The Morgan fingerprint density at radius 3 is 2.47 bits per heavy atom. The van der Waals surface area contributed by atoms with Crippen molar-refractivity contribution in [3.05, 3.63) is 65.2 Å². The number of aryl methyl sites for hydroxylation is 1. The molecule has 0 aliphatic heterocycles. The van der Waals surface area contributed by atoms with Gasteiger partial charge in [-0.15, -0.1) is 0 Å². The Balaban J connectivity index is 2.04. The Hall–Kier alpha value is -1.80. The Morgan fingerprint density at radius 2 is 1.84 bits per heavy atom. The monoisotopic (exact) mass is 255 g/mol. The maximum atomic E-state index is 8.89. The molecule has 2 rings (SSSR count). The van der Waals surface area contributed by atoms with Gasteiger partial charge < -0.3 is 10.4 Å². The number of aliphatic hydroxyl groups is 1. The van der Waals surface area contributed by atoms with E-state index in [2.05, 4.69) is 67.7 Å². The lowest BCUT2D eigenvalue weighted by Crippen LogP contribution is -2.06. The second-order valence-corrected chi connectivity index (χ2v) is 4.95. The number of benzene rings is 2. The normalized spacial score (nSPS) is 12.2. The molecule has 2 N–H and O–H groups in total. The van der Waals surface area contributed by atoms with E-state index in [1.807, 2.05) is 0 Å². The van der Waals surface area contributed by atoms with Crippen LogP contribution in [0.4, 0.5) is 5.69 Å². The van der Waals surface area contributed by atoms with Crippen molar-refractivity contribution in [2.75, 3.05) is 11.9 Å². The van der Waals surface area contributed by atoms with Crippen molar-refractivity contribution in [2.24, 2.45) is 0 Å². The van der Waals surface area contributed by atoms with E-state index in [-0.39, 0.29) is 12.6 Å². The van der Waals surface area contributed by atoms with E-state index in [9.17, 15) is 0 Å². The summed E-state index contributed by atoms with van der Waals surface area (Å²) in [6.45, 7) is 4.47. The topological polar surface area (TPSA) is 32.3 Å². The highest BCUT2D eigenvalue weighted by molar-refractivity contribution is 5.47. The fourth-order valence-corrected chi connectivity index (χ4v) is 2.17. The summed E-state index contributed by atoms with van der Waals surface area (Å²) in [7, 11) is 0. The summed E-state index contributed by atoms with van der Waals surface area (Å²) in [6.07, 6.45) is 0.716. The van der Waals surface area contributed by atoms with Crippen LogP contribution < -0.4 is 5.32 Å². The molecule has 0 aliphatic rings. The fraction of sp³-hybridized carbons (Fsp3) is 0.294. The average Bonchev–Trinajstić information content (AvgIpc) is 2.41. The molecule has 0 bridgehead atoms. The Morgan fingerprint density at radius 1 is 1.11 bits per heavy atom. The van der Waals surface area contributed by atoms with Crippen molar-refractivity contribution in [3.63, 3.8) is 0 Å². The SMILES string of the molecule is Cc1cccc(C(C)Nc2ccc(CCO)cc2)c1. The first-order valence-electron chi connectivity index (χ1n) is 6.72. The predicted octanol–water partition coefficient (Wildman–Crippen LogP) is 3.70. The minimum Gasteiger partial charge on any atom is -0.396 e. The molecule has 2 nitrogen and oxygen atoms in total. The molecule has 0 saturated heterocycles. The molecule has 1 atom stereocenters. The molecule has 0 radical (unpaired) electrons. The number of hydrogen-bond donors (Lipinski definition) is 2. The highest BCUT2D eigenvalue weighted by Gasteiger charge is 2.05. The van der Waals surface area contributed by atoms with Gasteiger partial charge in [-0.25, -0.2) is 0 Å². The largest absolute Gasteiger partial charge is 0.396 e. The summed E-state index contributed by atoms with van der Waals surface area (Å²) in [5.41, 5.74) is 4.84. The van der Waals surface area contributed by atoms with Crippen LogP contribution >= 0.6 is 0 Å². The number of anilines is 1. The highest BCUT2D eigenvalue weighted by Crippen LogP contribution is 2.20. The zero-order valence-corrected chi connectivity index (χ0v) is 11.6. The summed E-state index contributed by atoms with van der Waals surface area (Å²) in [6, 6.07) is 17.1. The Labute approximate surface area is 115 Å². The van der Waals surface area contributed by atoms with Gasteiger partial charge in [0.15, 0.2) is 0 Å². The molecule has 2 aromatic carbocycles. The predicted molar refractivity (Wildman–Crippen MR) is 80.4 cm³/mol. The molecule has 0 amide bonds. The minimum atomic E-state index is 0.201. The number of hydrogen-bond acceptors (Lipinski definition) is 2. The Kier molecular flexibility index (Phi) is 4.58. The van der Waals surface area contributed by atoms with E-state index in [1.165, 1.54) is 11.1 Å². The van der Waals surface area contributed by atoms with Crippen LogP contribution in [0.25, 0.3) is 0 Å². The lowest BCUT2D eigenvalue weighted by molar-refractivity contribution is 0.299. The number of aliphatic hydroxyl groups excluding tert-OH is 1. The standard InChI is InChI=1S/C17H21NO/c1-13-4-3-5-16(12-13)14(2)18-17-8-6-15(7-9-17)10-11-19/h3-9,12,14,18-19H,10-11H2,1-2H3. The van der Waals surface area contributed by atoms with Crippen LogP contribution in [-0.4, -0.2) is 11.7 Å². The zero-order chi connectivity index (χ0) is 13.7. The van der Waals surface area contributed by atoms with E-state index in [0.717, 1.165) is 11.3 Å². The molecule has 1 unspecified atom stereocenters. The van der Waals surface area contributed by atoms with Crippen LogP contribution in [0.15, 0.2) is 48.5 Å². The fourth-order valence-electron chi connectivity index (χ4n) is 2.17. The molecule has 0 aromatic heterocycles. The first-order valence-corrected chi connectivity index (χ1v) is 6.72. The quantitative estimate of drug-likeness (QED) is 0.853. The minimum absolute atomic E-state index is 0.201. The van der Waals surface area contributed by atoms with Crippen LogP contribution in [0.1, 0.15) is 29.7 Å². The second-order valence-electron chi connectivity index (χ2n) is 4.95. The van der Waals surface area contributed by atoms with Gasteiger partial charge in [0.05, 0.1) is 0 Å². The zero-order valence-electron chi connectivity index (χ0n) is 11.6. The third-order valence-corrected chi connectivity index (χ3v) is 3.28. The van der Waals surface area contributed by atoms with Crippen LogP contribution in [0.2, 0.25) is 0 Å².